The second-order valence-electron chi connectivity index (χ2n) is 7.16. The average molecular weight is 336 g/mol. The number of hydrogen-bond donors (Lipinski definition) is 1. The van der Waals surface area contributed by atoms with Gasteiger partial charge < -0.3 is 14.4 Å². The maximum Gasteiger partial charge on any atom is 0.178 e. The van der Waals surface area contributed by atoms with Crippen LogP contribution in [0, 0.1) is 19.8 Å². The van der Waals surface area contributed by atoms with Crippen LogP contribution >= 0.6 is 0 Å². The summed E-state index contributed by atoms with van der Waals surface area (Å²) in [5, 5.41) is 10.1. The van der Waals surface area contributed by atoms with Crippen molar-refractivity contribution < 1.29 is 14.6 Å². The number of ketones is 1. The molecule has 136 valence electrons. The zero-order valence-corrected chi connectivity index (χ0v) is 15.5. The number of hydrogen-bond acceptors (Lipinski definition) is 4. The van der Waals surface area contributed by atoms with E-state index in [4.69, 9.17) is 4.74 Å². The molecule has 2 atom stereocenters. The molecule has 24 heavy (non-hydrogen) atoms. The molecule has 1 aromatic rings. The van der Waals surface area contributed by atoms with Gasteiger partial charge in [-0.1, -0.05) is 12.8 Å². The average Bonchev–Trinajstić information content (AvgIpc) is 2.82. The maximum absolute atomic E-state index is 12.7. The van der Waals surface area contributed by atoms with Gasteiger partial charge >= 0.3 is 0 Å². The Balaban J connectivity index is 1.96. The summed E-state index contributed by atoms with van der Waals surface area (Å²) < 4.78 is 7.29. The lowest BCUT2D eigenvalue weighted by molar-refractivity contribution is 0.0501. The van der Waals surface area contributed by atoms with Crippen LogP contribution < -0.4 is 0 Å². The Kier molecular flexibility index (Phi) is 7.02. The highest BCUT2D eigenvalue weighted by atomic mass is 16.5. The number of aliphatic hydroxyl groups is 1. The zero-order valence-electron chi connectivity index (χ0n) is 15.5. The molecule has 1 fully saturated rings. The first-order valence-electron chi connectivity index (χ1n) is 8.99. The molecular formula is C19H32N2O3. The molecule has 1 aliphatic rings. The van der Waals surface area contributed by atoms with E-state index in [0.717, 1.165) is 49.3 Å². The van der Waals surface area contributed by atoms with E-state index in [9.17, 15) is 9.90 Å². The van der Waals surface area contributed by atoms with E-state index in [0.29, 0.717) is 19.1 Å². The molecule has 2 rings (SSSR count). The molecule has 2 unspecified atom stereocenters. The van der Waals surface area contributed by atoms with Crippen LogP contribution in [0.1, 0.15) is 47.4 Å². The van der Waals surface area contributed by atoms with E-state index in [1.165, 1.54) is 6.42 Å². The molecule has 0 amide bonds. The minimum absolute atomic E-state index is 0.152. The van der Waals surface area contributed by atoms with Crippen LogP contribution in [0.3, 0.4) is 0 Å². The Morgan fingerprint density at radius 2 is 2.08 bits per heavy atom. The van der Waals surface area contributed by atoms with Crippen LogP contribution in [0.2, 0.25) is 0 Å². The molecule has 1 heterocycles. The number of aryl methyl sites for hydroxylation is 1. The van der Waals surface area contributed by atoms with Crippen LogP contribution in [0.25, 0.3) is 0 Å². The number of ether oxygens (including phenoxy) is 1. The van der Waals surface area contributed by atoms with E-state index in [2.05, 4.69) is 9.47 Å². The third-order valence-electron chi connectivity index (χ3n) is 5.22. The van der Waals surface area contributed by atoms with Crippen molar-refractivity contribution in [2.24, 2.45) is 5.92 Å². The van der Waals surface area contributed by atoms with E-state index in [1.54, 1.807) is 7.11 Å². The number of rotatable bonds is 8. The summed E-state index contributed by atoms with van der Waals surface area (Å²) in [6.07, 6.45) is 4.05. The summed E-state index contributed by atoms with van der Waals surface area (Å²) in [6.45, 7) is 6.63. The third-order valence-corrected chi connectivity index (χ3v) is 5.22. The van der Waals surface area contributed by atoms with Crippen molar-refractivity contribution in [3.8, 4) is 0 Å². The molecule has 5 nitrogen and oxygen atoms in total. The summed E-state index contributed by atoms with van der Waals surface area (Å²) in [4.78, 5) is 14.7. The minimum Gasteiger partial charge on any atom is -0.393 e. The fourth-order valence-electron chi connectivity index (χ4n) is 3.81. The van der Waals surface area contributed by atoms with Crippen LogP contribution in [0.15, 0.2) is 6.07 Å². The molecule has 1 saturated carbocycles. The van der Waals surface area contributed by atoms with Gasteiger partial charge in [0.2, 0.25) is 0 Å². The lowest BCUT2D eigenvalue weighted by atomic mass is 9.86. The summed E-state index contributed by atoms with van der Waals surface area (Å²) in [7, 11) is 3.66. The third kappa shape index (κ3) is 4.68. The highest BCUT2D eigenvalue weighted by molar-refractivity contribution is 5.99. The molecule has 0 bridgehead atoms. The molecule has 0 saturated heterocycles. The maximum atomic E-state index is 12.7. The van der Waals surface area contributed by atoms with Crippen molar-refractivity contribution in [3.05, 3.63) is 23.0 Å². The quantitative estimate of drug-likeness (QED) is 0.741. The Hall–Kier alpha value is -1.17. The summed E-state index contributed by atoms with van der Waals surface area (Å²) in [5.74, 6) is 0.449. The summed E-state index contributed by atoms with van der Waals surface area (Å²) >= 11 is 0. The van der Waals surface area contributed by atoms with E-state index < -0.39 is 0 Å². The van der Waals surface area contributed by atoms with Gasteiger partial charge in [0, 0.05) is 37.2 Å². The molecule has 0 aromatic carbocycles. The van der Waals surface area contributed by atoms with Gasteiger partial charge in [-0.2, -0.15) is 0 Å². The van der Waals surface area contributed by atoms with Crippen molar-refractivity contribution in [3.63, 3.8) is 0 Å². The molecule has 1 aromatic heterocycles. The summed E-state index contributed by atoms with van der Waals surface area (Å²) in [5.41, 5.74) is 2.92. The van der Waals surface area contributed by atoms with Gasteiger partial charge in [0.15, 0.2) is 5.78 Å². The van der Waals surface area contributed by atoms with Crippen LogP contribution in [0.4, 0.5) is 0 Å². The monoisotopic (exact) mass is 336 g/mol. The van der Waals surface area contributed by atoms with Crippen molar-refractivity contribution in [1.29, 1.82) is 0 Å². The Bertz CT molecular complexity index is 553. The van der Waals surface area contributed by atoms with Gasteiger partial charge in [0.05, 0.1) is 19.3 Å². The highest BCUT2D eigenvalue weighted by Crippen LogP contribution is 2.25. The van der Waals surface area contributed by atoms with E-state index in [-0.39, 0.29) is 11.9 Å². The topological polar surface area (TPSA) is 54.7 Å². The molecule has 5 heteroatoms. The SMILES string of the molecule is COCCn1c(C)cc(C(=O)CN(C)CC2CCCCC2O)c1C. The van der Waals surface area contributed by atoms with Gasteiger partial charge in [-0.25, -0.2) is 0 Å². The first-order valence-corrected chi connectivity index (χ1v) is 8.99. The number of likely N-dealkylation sites (N-methyl/N-ethyl adjacent to an activating group) is 1. The first kappa shape index (κ1) is 19.2. The molecule has 0 radical (unpaired) electrons. The molecule has 0 aliphatic heterocycles. The number of Topliss-reactive ketones (excluding diaryl/α,β-unsaturated/α-hetero) is 1. The van der Waals surface area contributed by atoms with Crippen molar-refractivity contribution >= 4 is 5.78 Å². The lowest BCUT2D eigenvalue weighted by Gasteiger charge is -2.30. The van der Waals surface area contributed by atoms with Gasteiger partial charge in [0.1, 0.15) is 0 Å². The number of aromatic nitrogens is 1. The fourth-order valence-corrected chi connectivity index (χ4v) is 3.81. The largest absolute Gasteiger partial charge is 0.393 e. The number of carbonyl (C=O) groups is 1. The Morgan fingerprint density at radius 1 is 1.38 bits per heavy atom. The molecular weight excluding hydrogens is 304 g/mol. The standard InChI is InChI=1S/C19H32N2O3/c1-14-11-17(15(2)21(14)9-10-24-4)19(23)13-20(3)12-16-7-5-6-8-18(16)22/h11,16,18,22H,5-10,12-13H2,1-4H3. The lowest BCUT2D eigenvalue weighted by Crippen LogP contribution is -2.37. The van der Waals surface area contributed by atoms with Crippen LogP contribution in [-0.2, 0) is 11.3 Å². The van der Waals surface area contributed by atoms with Gasteiger partial charge in [-0.3, -0.25) is 9.69 Å². The zero-order chi connectivity index (χ0) is 17.7. The number of carbonyl (C=O) groups excluding carboxylic acids is 1. The summed E-state index contributed by atoms with van der Waals surface area (Å²) in [6, 6.07) is 1.98. The predicted octanol–water partition coefficient (Wildman–Crippen LogP) is 2.42. The van der Waals surface area contributed by atoms with Gasteiger partial charge in [-0.15, -0.1) is 0 Å². The van der Waals surface area contributed by atoms with Crippen molar-refractivity contribution in [2.45, 2.75) is 52.2 Å². The van der Waals surface area contributed by atoms with Crippen molar-refractivity contribution in [1.82, 2.24) is 9.47 Å². The molecule has 1 N–H and O–H groups in total. The highest BCUT2D eigenvalue weighted by Gasteiger charge is 2.25. The van der Waals surface area contributed by atoms with Crippen LogP contribution in [0.5, 0.6) is 0 Å². The first-order chi connectivity index (χ1) is 11.4. The van der Waals surface area contributed by atoms with Crippen molar-refractivity contribution in [2.75, 3.05) is 33.9 Å². The molecule has 1 aliphatic carbocycles. The second-order valence-corrected chi connectivity index (χ2v) is 7.16. The number of methoxy groups -OCH3 is 1. The van der Waals surface area contributed by atoms with E-state index >= 15 is 0 Å². The number of aliphatic hydroxyl groups excluding tert-OH is 1. The molecule has 0 spiro atoms. The van der Waals surface area contributed by atoms with Gasteiger partial charge in [-0.05, 0) is 45.7 Å². The van der Waals surface area contributed by atoms with E-state index in [1.807, 2.05) is 27.0 Å². The smallest absolute Gasteiger partial charge is 0.178 e. The second kappa shape index (κ2) is 8.79. The number of nitrogens with zero attached hydrogens (tertiary/aromatic N) is 2. The van der Waals surface area contributed by atoms with Gasteiger partial charge in [0.25, 0.3) is 0 Å². The predicted molar refractivity (Wildman–Crippen MR) is 95.6 cm³/mol. The fraction of sp³-hybridized carbons (Fsp3) is 0.737. The Morgan fingerprint density at radius 3 is 2.75 bits per heavy atom. The Labute approximate surface area is 145 Å². The normalized spacial score (nSPS) is 21.4. The van der Waals surface area contributed by atoms with Crippen LogP contribution in [-0.4, -0.2) is 60.3 Å². The minimum atomic E-state index is -0.213.